The van der Waals surface area contributed by atoms with E-state index in [1.807, 2.05) is 0 Å². The Morgan fingerprint density at radius 3 is 2.38 bits per heavy atom. The number of Topliss-reactive ketones (excluding diaryl/α,β-unsaturated/α-hetero) is 1. The van der Waals surface area contributed by atoms with Crippen LogP contribution in [-0.4, -0.2) is 5.78 Å². The molecule has 0 saturated heterocycles. The van der Waals surface area contributed by atoms with Crippen LogP contribution in [0.2, 0.25) is 0 Å². The molecule has 0 radical (unpaired) electrons. The molecule has 0 aliphatic heterocycles. The van der Waals surface area contributed by atoms with Gasteiger partial charge in [-0.1, -0.05) is 26.8 Å². The first kappa shape index (κ1) is 10.5. The third kappa shape index (κ3) is 3.75. The van der Waals surface area contributed by atoms with E-state index in [2.05, 4.69) is 26.8 Å². The minimum Gasteiger partial charge on any atom is -0.295 e. The summed E-state index contributed by atoms with van der Waals surface area (Å²) in [5.41, 5.74) is 1.39. The van der Waals surface area contributed by atoms with Crippen molar-refractivity contribution in [2.45, 2.75) is 52.9 Å². The lowest BCUT2D eigenvalue weighted by molar-refractivity contribution is -0.116. The molecular weight excluding hydrogens is 160 g/mol. The van der Waals surface area contributed by atoms with Gasteiger partial charge in [-0.05, 0) is 36.7 Å². The molecule has 1 rings (SSSR count). The molecule has 0 heterocycles. The van der Waals surface area contributed by atoms with Gasteiger partial charge in [0, 0.05) is 6.42 Å². The maximum Gasteiger partial charge on any atom is 0.158 e. The molecule has 0 amide bonds. The predicted octanol–water partition coefficient (Wildman–Crippen LogP) is 3.49. The van der Waals surface area contributed by atoms with Gasteiger partial charge < -0.3 is 0 Å². The maximum atomic E-state index is 11.4. The van der Waals surface area contributed by atoms with Gasteiger partial charge in [0.25, 0.3) is 0 Å². The fourth-order valence-electron chi connectivity index (χ4n) is 1.55. The highest BCUT2D eigenvalue weighted by Crippen LogP contribution is 2.24. The molecule has 0 unspecified atom stereocenters. The number of allylic oxidation sites excluding steroid dienone is 2. The van der Waals surface area contributed by atoms with E-state index in [0.717, 1.165) is 31.3 Å². The van der Waals surface area contributed by atoms with Crippen molar-refractivity contribution >= 4 is 5.78 Å². The van der Waals surface area contributed by atoms with Crippen molar-refractivity contribution in [3.05, 3.63) is 11.6 Å². The Morgan fingerprint density at radius 1 is 1.23 bits per heavy atom. The zero-order valence-corrected chi connectivity index (χ0v) is 9.02. The molecule has 74 valence electrons. The van der Waals surface area contributed by atoms with Crippen molar-refractivity contribution < 1.29 is 4.79 Å². The minimum absolute atomic E-state index is 0.310. The van der Waals surface area contributed by atoms with Crippen LogP contribution in [0.1, 0.15) is 52.9 Å². The molecule has 0 aromatic heterocycles. The van der Waals surface area contributed by atoms with Crippen LogP contribution >= 0.6 is 0 Å². The van der Waals surface area contributed by atoms with Crippen LogP contribution in [0, 0.1) is 5.41 Å². The van der Waals surface area contributed by atoms with Crippen LogP contribution in [-0.2, 0) is 4.79 Å². The molecule has 1 saturated carbocycles. The molecule has 13 heavy (non-hydrogen) atoms. The number of carbonyl (C=O) groups is 1. The molecule has 1 aliphatic rings. The van der Waals surface area contributed by atoms with Gasteiger partial charge in [-0.25, -0.2) is 0 Å². The minimum atomic E-state index is 0.310. The van der Waals surface area contributed by atoms with Gasteiger partial charge >= 0.3 is 0 Å². The van der Waals surface area contributed by atoms with Gasteiger partial charge in [-0.15, -0.1) is 0 Å². The van der Waals surface area contributed by atoms with Crippen molar-refractivity contribution in [3.63, 3.8) is 0 Å². The number of carbonyl (C=O) groups excluding carboxylic acids is 1. The zero-order chi connectivity index (χ0) is 9.90. The lowest BCUT2D eigenvalue weighted by atomic mass is 9.87. The molecule has 0 atom stereocenters. The summed E-state index contributed by atoms with van der Waals surface area (Å²) in [4.78, 5) is 11.4. The summed E-state index contributed by atoms with van der Waals surface area (Å²) in [6.07, 6.45) is 7.24. The second kappa shape index (κ2) is 4.08. The van der Waals surface area contributed by atoms with E-state index in [1.165, 1.54) is 6.42 Å². The van der Waals surface area contributed by atoms with Crippen LogP contribution < -0.4 is 0 Å². The summed E-state index contributed by atoms with van der Waals surface area (Å²) >= 11 is 0. The molecular formula is C12H20O. The highest BCUT2D eigenvalue weighted by atomic mass is 16.1. The molecule has 1 aliphatic carbocycles. The monoisotopic (exact) mass is 180 g/mol. The zero-order valence-electron chi connectivity index (χ0n) is 9.02. The number of hydrogen-bond donors (Lipinski definition) is 0. The number of ketones is 1. The van der Waals surface area contributed by atoms with Crippen LogP contribution in [0.15, 0.2) is 11.6 Å². The third-order valence-corrected chi connectivity index (χ3v) is 2.42. The fourth-order valence-corrected chi connectivity index (χ4v) is 1.55. The highest BCUT2D eigenvalue weighted by molar-refractivity contribution is 5.95. The molecule has 0 spiro atoms. The summed E-state index contributed by atoms with van der Waals surface area (Å²) in [5, 5.41) is 0. The van der Waals surface area contributed by atoms with Gasteiger partial charge in [0.05, 0.1) is 0 Å². The van der Waals surface area contributed by atoms with Crippen molar-refractivity contribution in [1.82, 2.24) is 0 Å². The van der Waals surface area contributed by atoms with E-state index < -0.39 is 0 Å². The molecule has 0 aromatic rings. The second-order valence-corrected chi connectivity index (χ2v) is 5.12. The second-order valence-electron chi connectivity index (χ2n) is 5.12. The van der Waals surface area contributed by atoms with Crippen LogP contribution in [0.3, 0.4) is 0 Å². The van der Waals surface area contributed by atoms with Crippen molar-refractivity contribution in [3.8, 4) is 0 Å². The van der Waals surface area contributed by atoms with Gasteiger partial charge in [0.15, 0.2) is 5.78 Å². The lowest BCUT2D eigenvalue weighted by Crippen LogP contribution is -2.10. The van der Waals surface area contributed by atoms with Crippen LogP contribution in [0.4, 0.5) is 0 Å². The molecule has 1 heteroatoms. The van der Waals surface area contributed by atoms with Gasteiger partial charge in [0.2, 0.25) is 0 Å². The van der Waals surface area contributed by atoms with E-state index in [-0.39, 0.29) is 0 Å². The summed E-state index contributed by atoms with van der Waals surface area (Å²) < 4.78 is 0. The molecule has 1 nitrogen and oxygen atoms in total. The molecule has 1 fully saturated rings. The van der Waals surface area contributed by atoms with E-state index in [9.17, 15) is 4.79 Å². The first-order chi connectivity index (χ1) is 5.99. The SMILES string of the molecule is CC(C)(C)C/C=C1\CCCCC1=O. The van der Waals surface area contributed by atoms with E-state index >= 15 is 0 Å². The smallest absolute Gasteiger partial charge is 0.158 e. The molecule has 0 N–H and O–H groups in total. The van der Waals surface area contributed by atoms with Crippen molar-refractivity contribution in [2.75, 3.05) is 0 Å². The van der Waals surface area contributed by atoms with E-state index in [1.54, 1.807) is 0 Å². The first-order valence-corrected chi connectivity index (χ1v) is 5.21. The van der Waals surface area contributed by atoms with E-state index in [0.29, 0.717) is 11.2 Å². The van der Waals surface area contributed by atoms with E-state index in [4.69, 9.17) is 0 Å². The summed E-state index contributed by atoms with van der Waals surface area (Å²) in [7, 11) is 0. The Labute approximate surface area is 81.2 Å². The van der Waals surface area contributed by atoms with Crippen LogP contribution in [0.25, 0.3) is 0 Å². The summed E-state index contributed by atoms with van der Waals surface area (Å²) in [6.45, 7) is 6.62. The Hall–Kier alpha value is -0.590. The lowest BCUT2D eigenvalue weighted by Gasteiger charge is -2.18. The summed E-state index contributed by atoms with van der Waals surface area (Å²) in [6, 6.07) is 0. The molecule has 0 aromatic carbocycles. The molecule has 0 bridgehead atoms. The Morgan fingerprint density at radius 2 is 1.85 bits per heavy atom. The van der Waals surface area contributed by atoms with Crippen molar-refractivity contribution in [2.24, 2.45) is 5.41 Å². The largest absolute Gasteiger partial charge is 0.295 e. The van der Waals surface area contributed by atoms with Gasteiger partial charge in [-0.2, -0.15) is 0 Å². The Bertz CT molecular complexity index is 218. The predicted molar refractivity (Wildman–Crippen MR) is 55.6 cm³/mol. The van der Waals surface area contributed by atoms with Crippen LogP contribution in [0.5, 0.6) is 0 Å². The standard InChI is InChI=1S/C12H20O/c1-12(2,3)9-8-10-6-4-5-7-11(10)13/h8H,4-7,9H2,1-3H3/b10-8+. The van der Waals surface area contributed by atoms with Gasteiger partial charge in [-0.3, -0.25) is 4.79 Å². The quantitative estimate of drug-likeness (QED) is 0.564. The Balaban J connectivity index is 2.54. The average molecular weight is 180 g/mol. The van der Waals surface area contributed by atoms with Crippen molar-refractivity contribution in [1.29, 1.82) is 0 Å². The number of rotatable bonds is 1. The first-order valence-electron chi connectivity index (χ1n) is 5.21. The third-order valence-electron chi connectivity index (χ3n) is 2.42. The normalized spacial score (nSPS) is 22.4. The average Bonchev–Trinajstić information content (AvgIpc) is 2.01. The summed E-state index contributed by atoms with van der Waals surface area (Å²) in [5.74, 6) is 0.385. The topological polar surface area (TPSA) is 17.1 Å². The maximum absolute atomic E-state index is 11.4. The Kier molecular flexibility index (Phi) is 3.29. The highest BCUT2D eigenvalue weighted by Gasteiger charge is 2.16. The van der Waals surface area contributed by atoms with Gasteiger partial charge in [0.1, 0.15) is 0 Å². The fraction of sp³-hybridized carbons (Fsp3) is 0.750. The number of hydrogen-bond acceptors (Lipinski definition) is 1.